The molecule has 0 aliphatic heterocycles. The molecule has 1 spiro atoms. The smallest absolute Gasteiger partial charge is 0.107 e. The van der Waals surface area contributed by atoms with Crippen molar-refractivity contribution >= 4 is 0 Å². The van der Waals surface area contributed by atoms with Crippen molar-refractivity contribution in [2.24, 2.45) is 28.1 Å². The SMILES string of the molecule is C[C@@]12CCc3occc3C1CC[C@@]13C[C@H](CCC12)[C@@](C)(CO)C3. The first-order valence-electron chi connectivity index (χ1n) is 9.68. The number of aryl methyl sites for hydroxylation is 1. The van der Waals surface area contributed by atoms with Crippen LogP contribution in [0.15, 0.2) is 16.7 Å². The Hall–Kier alpha value is -0.760. The van der Waals surface area contributed by atoms with Gasteiger partial charge in [0.2, 0.25) is 0 Å². The number of rotatable bonds is 1. The lowest BCUT2D eigenvalue weighted by Crippen LogP contribution is -2.50. The summed E-state index contributed by atoms with van der Waals surface area (Å²) < 4.78 is 5.76. The Balaban J connectivity index is 1.56. The summed E-state index contributed by atoms with van der Waals surface area (Å²) in [5.74, 6) is 3.58. The molecule has 4 aliphatic carbocycles. The molecular weight excluding hydrogens is 284 g/mol. The van der Waals surface area contributed by atoms with Crippen molar-refractivity contribution in [1.82, 2.24) is 0 Å². The van der Waals surface area contributed by atoms with Crippen LogP contribution in [0, 0.1) is 28.1 Å². The molecule has 6 atom stereocenters. The lowest BCUT2D eigenvalue weighted by molar-refractivity contribution is -0.0697. The van der Waals surface area contributed by atoms with Gasteiger partial charge in [0.05, 0.1) is 6.26 Å². The van der Waals surface area contributed by atoms with Crippen LogP contribution in [-0.2, 0) is 6.42 Å². The van der Waals surface area contributed by atoms with E-state index in [1.54, 1.807) is 0 Å². The standard InChI is InChI=1S/C21H30O2/c1-19(13-22)12-21-9-5-16-15-7-10-23-17(15)6-8-20(16,2)18(21)4-3-14(19)11-21/h7,10,14,16,18,22H,3-6,8-9,11-13H2,1-2H3/t14-,16?,18?,19+,20+,21-/m0/s1. The summed E-state index contributed by atoms with van der Waals surface area (Å²) in [6.07, 6.45) is 12.4. The molecule has 0 amide bonds. The highest BCUT2D eigenvalue weighted by Crippen LogP contribution is 2.73. The van der Waals surface area contributed by atoms with Crippen molar-refractivity contribution in [3.05, 3.63) is 23.7 Å². The predicted octanol–water partition coefficient (Wildman–Crippen LogP) is 4.91. The Morgan fingerprint density at radius 1 is 1.22 bits per heavy atom. The molecule has 1 aromatic heterocycles. The topological polar surface area (TPSA) is 33.4 Å². The zero-order chi connectivity index (χ0) is 15.9. The summed E-state index contributed by atoms with van der Waals surface area (Å²) in [5.41, 5.74) is 2.68. The fourth-order valence-corrected chi connectivity index (χ4v) is 7.84. The van der Waals surface area contributed by atoms with Crippen molar-refractivity contribution in [3.8, 4) is 0 Å². The molecule has 2 bridgehead atoms. The minimum absolute atomic E-state index is 0.188. The first kappa shape index (κ1) is 14.6. The van der Waals surface area contributed by atoms with Gasteiger partial charge in [0, 0.05) is 13.0 Å². The number of furan rings is 1. The average molecular weight is 314 g/mol. The average Bonchev–Trinajstić information content (AvgIpc) is 3.09. The molecule has 126 valence electrons. The minimum atomic E-state index is 0.188. The Morgan fingerprint density at radius 2 is 2.09 bits per heavy atom. The van der Waals surface area contributed by atoms with Crippen molar-refractivity contribution in [2.75, 3.05) is 6.61 Å². The molecule has 5 rings (SSSR count). The molecular formula is C21H30O2. The third-order valence-corrected chi connectivity index (χ3v) is 8.87. The van der Waals surface area contributed by atoms with Gasteiger partial charge in [-0.1, -0.05) is 13.8 Å². The van der Waals surface area contributed by atoms with E-state index in [2.05, 4.69) is 19.9 Å². The third kappa shape index (κ3) is 1.69. The van der Waals surface area contributed by atoms with Gasteiger partial charge in [-0.15, -0.1) is 0 Å². The van der Waals surface area contributed by atoms with Gasteiger partial charge >= 0.3 is 0 Å². The van der Waals surface area contributed by atoms with Gasteiger partial charge in [-0.2, -0.15) is 0 Å². The van der Waals surface area contributed by atoms with Crippen LogP contribution in [0.3, 0.4) is 0 Å². The van der Waals surface area contributed by atoms with Crippen LogP contribution in [0.1, 0.15) is 76.0 Å². The summed E-state index contributed by atoms with van der Waals surface area (Å²) >= 11 is 0. The zero-order valence-corrected chi connectivity index (χ0v) is 14.6. The zero-order valence-electron chi connectivity index (χ0n) is 14.6. The number of aliphatic hydroxyl groups excluding tert-OH is 1. The number of fused-ring (bicyclic) bond motifs is 5. The highest BCUT2D eigenvalue weighted by atomic mass is 16.3. The molecule has 0 aromatic carbocycles. The maximum absolute atomic E-state index is 10.0. The van der Waals surface area contributed by atoms with Crippen molar-refractivity contribution in [1.29, 1.82) is 0 Å². The predicted molar refractivity (Wildman–Crippen MR) is 90.2 cm³/mol. The molecule has 23 heavy (non-hydrogen) atoms. The molecule has 4 aliphatic rings. The molecule has 2 nitrogen and oxygen atoms in total. The normalized spacial score (nSPS) is 51.0. The Labute approximate surface area is 139 Å². The minimum Gasteiger partial charge on any atom is -0.469 e. The lowest BCUT2D eigenvalue weighted by Gasteiger charge is -2.59. The van der Waals surface area contributed by atoms with E-state index >= 15 is 0 Å². The summed E-state index contributed by atoms with van der Waals surface area (Å²) in [6, 6.07) is 2.26. The molecule has 1 aromatic rings. The number of hydrogen-bond acceptors (Lipinski definition) is 2. The molecule has 1 N–H and O–H groups in total. The molecule has 0 radical (unpaired) electrons. The lowest BCUT2D eigenvalue weighted by atomic mass is 9.45. The molecule has 3 fully saturated rings. The quantitative estimate of drug-likeness (QED) is 0.798. The van der Waals surface area contributed by atoms with Gasteiger partial charge in [0.1, 0.15) is 5.76 Å². The van der Waals surface area contributed by atoms with Gasteiger partial charge < -0.3 is 9.52 Å². The fraction of sp³-hybridized carbons (Fsp3) is 0.810. The first-order valence-corrected chi connectivity index (χ1v) is 9.68. The first-order chi connectivity index (χ1) is 11.0. The maximum atomic E-state index is 10.0. The van der Waals surface area contributed by atoms with Gasteiger partial charge in [-0.05, 0) is 90.6 Å². The van der Waals surface area contributed by atoms with E-state index in [1.165, 1.54) is 56.3 Å². The highest BCUT2D eigenvalue weighted by Gasteiger charge is 2.64. The van der Waals surface area contributed by atoms with E-state index in [4.69, 9.17) is 4.42 Å². The van der Waals surface area contributed by atoms with E-state index < -0.39 is 0 Å². The summed E-state index contributed by atoms with van der Waals surface area (Å²) in [4.78, 5) is 0. The number of aliphatic hydroxyl groups is 1. The summed E-state index contributed by atoms with van der Waals surface area (Å²) in [7, 11) is 0. The summed E-state index contributed by atoms with van der Waals surface area (Å²) in [6.45, 7) is 5.34. The molecule has 2 unspecified atom stereocenters. The summed E-state index contributed by atoms with van der Waals surface area (Å²) in [5, 5.41) is 10.0. The maximum Gasteiger partial charge on any atom is 0.107 e. The van der Waals surface area contributed by atoms with E-state index in [9.17, 15) is 5.11 Å². The third-order valence-electron chi connectivity index (χ3n) is 8.87. The molecule has 2 heteroatoms. The fourth-order valence-electron chi connectivity index (χ4n) is 7.84. The number of hydrogen-bond donors (Lipinski definition) is 1. The van der Waals surface area contributed by atoms with Crippen LogP contribution < -0.4 is 0 Å². The largest absolute Gasteiger partial charge is 0.469 e. The van der Waals surface area contributed by atoms with Crippen LogP contribution in [0.4, 0.5) is 0 Å². The second kappa shape index (κ2) is 4.45. The van der Waals surface area contributed by atoms with Crippen LogP contribution in [-0.4, -0.2) is 11.7 Å². The van der Waals surface area contributed by atoms with Gasteiger partial charge in [-0.3, -0.25) is 0 Å². The Kier molecular flexibility index (Phi) is 2.82. The van der Waals surface area contributed by atoms with E-state index in [0.29, 0.717) is 23.4 Å². The van der Waals surface area contributed by atoms with Gasteiger partial charge in [0.15, 0.2) is 0 Å². The van der Waals surface area contributed by atoms with Crippen LogP contribution in [0.2, 0.25) is 0 Å². The van der Waals surface area contributed by atoms with Crippen molar-refractivity contribution in [2.45, 2.75) is 71.1 Å². The van der Waals surface area contributed by atoms with Crippen molar-refractivity contribution < 1.29 is 9.52 Å². The van der Waals surface area contributed by atoms with E-state index in [1.807, 2.05) is 6.26 Å². The van der Waals surface area contributed by atoms with Crippen molar-refractivity contribution in [3.63, 3.8) is 0 Å². The second-order valence-electron chi connectivity index (χ2n) is 9.78. The van der Waals surface area contributed by atoms with Crippen LogP contribution >= 0.6 is 0 Å². The van der Waals surface area contributed by atoms with Crippen LogP contribution in [0.5, 0.6) is 0 Å². The van der Waals surface area contributed by atoms with Crippen LogP contribution in [0.25, 0.3) is 0 Å². The molecule has 1 heterocycles. The van der Waals surface area contributed by atoms with E-state index in [0.717, 1.165) is 18.3 Å². The van der Waals surface area contributed by atoms with Gasteiger partial charge in [0.25, 0.3) is 0 Å². The monoisotopic (exact) mass is 314 g/mol. The Bertz CT molecular complexity index is 634. The highest BCUT2D eigenvalue weighted by molar-refractivity contribution is 5.31. The molecule has 3 saturated carbocycles. The Morgan fingerprint density at radius 3 is 2.91 bits per heavy atom. The van der Waals surface area contributed by atoms with E-state index in [-0.39, 0.29) is 5.41 Å². The second-order valence-corrected chi connectivity index (χ2v) is 9.78. The molecule has 0 saturated heterocycles. The van der Waals surface area contributed by atoms with Gasteiger partial charge in [-0.25, -0.2) is 0 Å².